The van der Waals surface area contributed by atoms with E-state index in [4.69, 9.17) is 15.7 Å². The summed E-state index contributed by atoms with van der Waals surface area (Å²) < 4.78 is 5.18. The van der Waals surface area contributed by atoms with Crippen molar-refractivity contribution in [3.8, 4) is 6.07 Å². The molecule has 98 valence electrons. The molecule has 2 unspecified atom stereocenters. The Morgan fingerprint density at radius 2 is 2.29 bits per heavy atom. The second kappa shape index (κ2) is 6.95. The lowest BCUT2D eigenvalue weighted by Gasteiger charge is -2.18. The molecule has 0 amide bonds. The Morgan fingerprint density at radius 3 is 2.94 bits per heavy atom. The number of methoxy groups -OCH3 is 1. The molecule has 4 nitrogen and oxygen atoms in total. The average Bonchev–Trinajstić information content (AvgIpc) is 2.73. The van der Waals surface area contributed by atoms with Crippen LogP contribution in [0.4, 0.5) is 0 Å². The third-order valence-corrected chi connectivity index (χ3v) is 3.45. The minimum absolute atomic E-state index is 0.649. The molecule has 0 radical (unpaired) electrons. The molecule has 0 aromatic heterocycles. The summed E-state index contributed by atoms with van der Waals surface area (Å²) in [7, 11) is 1.77. The van der Waals surface area contributed by atoms with Crippen LogP contribution < -0.4 is 5.73 Å². The van der Waals surface area contributed by atoms with Crippen molar-refractivity contribution in [3.63, 3.8) is 0 Å². The van der Waals surface area contributed by atoms with Crippen LogP contribution in [0.1, 0.15) is 32.6 Å². The molecule has 2 atom stereocenters. The number of unbranched alkanes of at least 4 members (excludes halogenated alkanes) is 1. The molecular weight excluding hydrogens is 214 g/mol. The highest BCUT2D eigenvalue weighted by Crippen LogP contribution is 2.17. The Morgan fingerprint density at radius 1 is 1.53 bits per heavy atom. The van der Waals surface area contributed by atoms with Gasteiger partial charge in [0, 0.05) is 13.7 Å². The van der Waals surface area contributed by atoms with Crippen molar-refractivity contribution in [1.82, 2.24) is 4.90 Å². The van der Waals surface area contributed by atoms with Gasteiger partial charge in [0.05, 0.1) is 12.7 Å². The van der Waals surface area contributed by atoms with Crippen molar-refractivity contribution in [3.05, 3.63) is 0 Å². The van der Waals surface area contributed by atoms with Crippen molar-refractivity contribution in [1.29, 1.82) is 5.26 Å². The van der Waals surface area contributed by atoms with Gasteiger partial charge in [0.2, 0.25) is 0 Å². The normalized spacial score (nSPS) is 24.5. The number of rotatable bonds is 7. The number of nitrogens with two attached hydrogens (primary N) is 1. The van der Waals surface area contributed by atoms with Gasteiger partial charge in [0.25, 0.3) is 0 Å². The van der Waals surface area contributed by atoms with E-state index in [9.17, 15) is 0 Å². The molecule has 0 aliphatic carbocycles. The smallest absolute Gasteiger partial charge is 0.101 e. The molecule has 1 saturated heterocycles. The SMILES string of the molecule is COCC1CCN(CCCCC(C)(N)C#N)C1. The summed E-state index contributed by atoms with van der Waals surface area (Å²) in [5.41, 5.74) is 5.13. The second-order valence-electron chi connectivity index (χ2n) is 5.40. The number of likely N-dealkylation sites (tertiary alicyclic amines) is 1. The fourth-order valence-corrected chi connectivity index (χ4v) is 2.37. The summed E-state index contributed by atoms with van der Waals surface area (Å²) in [5.74, 6) is 0.707. The highest BCUT2D eigenvalue weighted by atomic mass is 16.5. The molecule has 0 aromatic carbocycles. The maximum atomic E-state index is 8.80. The molecule has 1 aliphatic rings. The Hall–Kier alpha value is -0.630. The van der Waals surface area contributed by atoms with Gasteiger partial charge < -0.3 is 15.4 Å². The van der Waals surface area contributed by atoms with Crippen LogP contribution in [0.2, 0.25) is 0 Å². The number of hydrogen-bond acceptors (Lipinski definition) is 4. The Labute approximate surface area is 105 Å². The zero-order valence-electron chi connectivity index (χ0n) is 11.1. The first kappa shape index (κ1) is 14.4. The second-order valence-corrected chi connectivity index (χ2v) is 5.40. The standard InChI is InChI=1S/C13H25N3O/c1-13(15,11-14)6-3-4-7-16-8-5-12(9-16)10-17-2/h12H,3-10,15H2,1-2H3. The highest BCUT2D eigenvalue weighted by Gasteiger charge is 2.22. The van der Waals surface area contributed by atoms with Crippen LogP contribution in [0.25, 0.3) is 0 Å². The van der Waals surface area contributed by atoms with E-state index in [0.717, 1.165) is 39.0 Å². The number of hydrogen-bond donors (Lipinski definition) is 1. The molecular formula is C13H25N3O. The van der Waals surface area contributed by atoms with Gasteiger partial charge in [0.1, 0.15) is 5.54 Å². The lowest BCUT2D eigenvalue weighted by Crippen LogP contribution is -2.34. The Balaban J connectivity index is 2.07. The summed E-state index contributed by atoms with van der Waals surface area (Å²) in [6.07, 6.45) is 4.21. The molecule has 0 bridgehead atoms. The van der Waals surface area contributed by atoms with Crippen molar-refractivity contribution < 1.29 is 4.74 Å². The monoisotopic (exact) mass is 239 g/mol. The van der Waals surface area contributed by atoms with Crippen LogP contribution in [0.3, 0.4) is 0 Å². The third kappa shape index (κ3) is 5.49. The maximum Gasteiger partial charge on any atom is 0.101 e. The molecule has 0 aromatic rings. The third-order valence-electron chi connectivity index (χ3n) is 3.45. The summed E-state index contributed by atoms with van der Waals surface area (Å²) >= 11 is 0. The van der Waals surface area contributed by atoms with Gasteiger partial charge in [-0.2, -0.15) is 5.26 Å². The number of ether oxygens (including phenoxy) is 1. The van der Waals surface area contributed by atoms with Crippen LogP contribution in [0.15, 0.2) is 0 Å². The molecule has 17 heavy (non-hydrogen) atoms. The van der Waals surface area contributed by atoms with E-state index in [1.807, 2.05) is 0 Å². The first-order valence-corrected chi connectivity index (χ1v) is 6.49. The average molecular weight is 239 g/mol. The summed E-state index contributed by atoms with van der Waals surface area (Å²) in [4.78, 5) is 2.49. The summed E-state index contributed by atoms with van der Waals surface area (Å²) in [6, 6.07) is 2.14. The van der Waals surface area contributed by atoms with Crippen molar-refractivity contribution in [2.75, 3.05) is 33.4 Å². The van der Waals surface area contributed by atoms with Crippen LogP contribution in [0.5, 0.6) is 0 Å². The maximum absolute atomic E-state index is 8.80. The first-order chi connectivity index (χ1) is 8.07. The molecule has 0 saturated carbocycles. The molecule has 2 N–H and O–H groups in total. The highest BCUT2D eigenvalue weighted by molar-refractivity contribution is 5.00. The van der Waals surface area contributed by atoms with Crippen LogP contribution >= 0.6 is 0 Å². The fraction of sp³-hybridized carbons (Fsp3) is 0.923. The van der Waals surface area contributed by atoms with E-state index in [1.165, 1.54) is 13.0 Å². The van der Waals surface area contributed by atoms with Crippen molar-refractivity contribution in [2.24, 2.45) is 11.7 Å². The van der Waals surface area contributed by atoms with E-state index in [-0.39, 0.29) is 0 Å². The van der Waals surface area contributed by atoms with Gasteiger partial charge in [-0.05, 0) is 51.6 Å². The van der Waals surface area contributed by atoms with E-state index < -0.39 is 5.54 Å². The molecule has 1 rings (SSSR count). The van der Waals surface area contributed by atoms with Crippen molar-refractivity contribution in [2.45, 2.75) is 38.1 Å². The van der Waals surface area contributed by atoms with Crippen LogP contribution in [-0.4, -0.2) is 43.8 Å². The van der Waals surface area contributed by atoms with E-state index in [2.05, 4.69) is 11.0 Å². The van der Waals surface area contributed by atoms with Crippen LogP contribution in [-0.2, 0) is 4.74 Å². The number of nitriles is 1. The summed E-state index contributed by atoms with van der Waals surface area (Å²) in [5, 5.41) is 8.80. The van der Waals surface area contributed by atoms with Crippen molar-refractivity contribution >= 4 is 0 Å². The van der Waals surface area contributed by atoms with Gasteiger partial charge >= 0.3 is 0 Å². The summed E-state index contributed by atoms with van der Waals surface area (Å²) in [6.45, 7) is 6.16. The van der Waals surface area contributed by atoms with Crippen LogP contribution in [0, 0.1) is 17.2 Å². The first-order valence-electron chi connectivity index (χ1n) is 6.49. The molecule has 0 spiro atoms. The lowest BCUT2D eigenvalue weighted by molar-refractivity contribution is 0.153. The molecule has 1 aliphatic heterocycles. The predicted molar refractivity (Wildman–Crippen MR) is 68.5 cm³/mol. The molecule has 1 heterocycles. The predicted octanol–water partition coefficient (Wildman–Crippen LogP) is 1.37. The topological polar surface area (TPSA) is 62.3 Å². The number of nitrogens with zero attached hydrogens (tertiary/aromatic N) is 2. The minimum Gasteiger partial charge on any atom is -0.384 e. The van der Waals surface area contributed by atoms with Gasteiger partial charge in [-0.15, -0.1) is 0 Å². The zero-order chi connectivity index (χ0) is 12.7. The van der Waals surface area contributed by atoms with Gasteiger partial charge in [-0.25, -0.2) is 0 Å². The zero-order valence-corrected chi connectivity index (χ0v) is 11.1. The van der Waals surface area contributed by atoms with Gasteiger partial charge in [-0.1, -0.05) is 0 Å². The Kier molecular flexibility index (Phi) is 5.90. The van der Waals surface area contributed by atoms with Gasteiger partial charge in [0.15, 0.2) is 0 Å². The van der Waals surface area contributed by atoms with E-state index in [1.54, 1.807) is 14.0 Å². The largest absolute Gasteiger partial charge is 0.384 e. The van der Waals surface area contributed by atoms with Gasteiger partial charge in [-0.3, -0.25) is 0 Å². The molecule has 4 heteroatoms. The lowest BCUT2D eigenvalue weighted by atomic mass is 9.98. The fourth-order valence-electron chi connectivity index (χ4n) is 2.37. The van der Waals surface area contributed by atoms with E-state index in [0.29, 0.717) is 5.92 Å². The Bertz CT molecular complexity index is 260. The quantitative estimate of drug-likeness (QED) is 0.682. The minimum atomic E-state index is -0.649. The van der Waals surface area contributed by atoms with E-state index >= 15 is 0 Å². The molecule has 1 fully saturated rings.